The zero-order valence-corrected chi connectivity index (χ0v) is 20.9. The average Bonchev–Trinajstić information content (AvgIpc) is 2.87. The molecule has 0 saturated carbocycles. The predicted molar refractivity (Wildman–Crippen MR) is 138 cm³/mol. The van der Waals surface area contributed by atoms with E-state index in [2.05, 4.69) is 15.8 Å². The van der Waals surface area contributed by atoms with E-state index in [0.29, 0.717) is 44.3 Å². The molecule has 188 valence electrons. The number of hydrogen-bond donors (Lipinski definition) is 2. The molecule has 0 bridgehead atoms. The first-order valence-electron chi connectivity index (χ1n) is 10.5. The topological polar surface area (TPSA) is 107 Å². The third-order valence-electron chi connectivity index (χ3n) is 4.58. The van der Waals surface area contributed by atoms with Crippen molar-refractivity contribution >= 4 is 46.9 Å². The number of nitrogens with one attached hydrogen (secondary N) is 2. The molecule has 0 aliphatic heterocycles. The van der Waals surface area contributed by atoms with Crippen LogP contribution in [0.3, 0.4) is 0 Å². The summed E-state index contributed by atoms with van der Waals surface area (Å²) in [5.41, 5.74) is 3.52. The molecule has 0 saturated heterocycles. The molecule has 3 aromatic rings. The van der Waals surface area contributed by atoms with E-state index in [1.54, 1.807) is 54.6 Å². The van der Waals surface area contributed by atoms with Crippen LogP contribution in [0.25, 0.3) is 0 Å². The number of carbonyl (C=O) groups is 2. The summed E-state index contributed by atoms with van der Waals surface area (Å²) in [6.07, 6.45) is 1.42. The SMILES string of the molecule is COc1ccccc1NC(=O)COc1ccc(/C=N/NC(=O)COc2ccc(Cl)cc2Cl)cc1OC. The minimum absolute atomic E-state index is 0.241. The monoisotopic (exact) mass is 531 g/mol. The molecular formula is C25H23Cl2N3O6. The van der Waals surface area contributed by atoms with Gasteiger partial charge in [0.05, 0.1) is 31.1 Å². The summed E-state index contributed by atoms with van der Waals surface area (Å²) in [4.78, 5) is 24.3. The Morgan fingerprint density at radius 1 is 0.833 bits per heavy atom. The van der Waals surface area contributed by atoms with Crippen molar-refractivity contribution in [3.63, 3.8) is 0 Å². The van der Waals surface area contributed by atoms with E-state index in [1.807, 2.05) is 0 Å². The lowest BCUT2D eigenvalue weighted by Crippen LogP contribution is -2.24. The lowest BCUT2D eigenvalue weighted by Gasteiger charge is -2.12. The molecule has 0 aromatic heterocycles. The smallest absolute Gasteiger partial charge is 0.277 e. The Kier molecular flexibility index (Phi) is 9.79. The number of hydrogen-bond acceptors (Lipinski definition) is 7. The van der Waals surface area contributed by atoms with Crippen molar-refractivity contribution in [2.75, 3.05) is 32.8 Å². The van der Waals surface area contributed by atoms with Crippen LogP contribution in [0.15, 0.2) is 65.8 Å². The number of nitrogens with zero attached hydrogens (tertiary/aromatic N) is 1. The van der Waals surface area contributed by atoms with Crippen molar-refractivity contribution < 1.29 is 28.5 Å². The molecule has 0 heterocycles. The number of ether oxygens (including phenoxy) is 4. The third kappa shape index (κ3) is 7.79. The number of halogens is 2. The molecule has 0 unspecified atom stereocenters. The van der Waals surface area contributed by atoms with Crippen LogP contribution < -0.4 is 29.7 Å². The van der Waals surface area contributed by atoms with Crippen LogP contribution in [-0.2, 0) is 9.59 Å². The number of rotatable bonds is 11. The van der Waals surface area contributed by atoms with Gasteiger partial charge in [0.1, 0.15) is 11.5 Å². The summed E-state index contributed by atoms with van der Waals surface area (Å²) < 4.78 is 21.5. The highest BCUT2D eigenvalue weighted by molar-refractivity contribution is 6.35. The molecule has 3 rings (SSSR count). The Labute approximate surface area is 217 Å². The van der Waals surface area contributed by atoms with Crippen LogP contribution in [-0.4, -0.2) is 45.5 Å². The third-order valence-corrected chi connectivity index (χ3v) is 5.11. The fourth-order valence-corrected chi connectivity index (χ4v) is 3.37. The van der Waals surface area contributed by atoms with Gasteiger partial charge in [0.15, 0.2) is 24.7 Å². The molecule has 2 amide bonds. The van der Waals surface area contributed by atoms with E-state index < -0.39 is 5.91 Å². The predicted octanol–water partition coefficient (Wildman–Crippen LogP) is 4.56. The first-order chi connectivity index (χ1) is 17.4. The Morgan fingerprint density at radius 2 is 1.53 bits per heavy atom. The summed E-state index contributed by atoms with van der Waals surface area (Å²) in [7, 11) is 2.99. The van der Waals surface area contributed by atoms with Gasteiger partial charge in [-0.25, -0.2) is 5.43 Å². The quantitative estimate of drug-likeness (QED) is 0.277. The zero-order valence-electron chi connectivity index (χ0n) is 19.4. The molecule has 11 heteroatoms. The second kappa shape index (κ2) is 13.2. The van der Waals surface area contributed by atoms with Gasteiger partial charge in [-0.3, -0.25) is 9.59 Å². The summed E-state index contributed by atoms with van der Waals surface area (Å²) in [5.74, 6) is 0.775. The van der Waals surface area contributed by atoms with Crippen molar-refractivity contribution in [2.24, 2.45) is 5.10 Å². The molecule has 3 aromatic carbocycles. The fourth-order valence-electron chi connectivity index (χ4n) is 2.91. The van der Waals surface area contributed by atoms with E-state index in [9.17, 15) is 9.59 Å². The Morgan fingerprint density at radius 3 is 2.28 bits per heavy atom. The van der Waals surface area contributed by atoms with Crippen molar-refractivity contribution in [3.8, 4) is 23.0 Å². The second-order valence-electron chi connectivity index (χ2n) is 7.10. The Bertz CT molecular complexity index is 1250. The number of methoxy groups -OCH3 is 2. The standard InChI is InChI=1S/C25H23Cl2N3O6/c1-33-21-6-4-3-5-19(21)29-24(31)14-36-22-9-7-16(11-23(22)34-2)13-28-30-25(32)15-35-20-10-8-17(26)12-18(20)27/h3-13H,14-15H2,1-2H3,(H,29,31)(H,30,32)/b28-13+. The van der Waals surface area contributed by atoms with Crippen molar-refractivity contribution in [2.45, 2.75) is 0 Å². The van der Waals surface area contributed by atoms with E-state index in [0.717, 1.165) is 0 Å². The molecule has 2 N–H and O–H groups in total. The number of amides is 2. The summed E-state index contributed by atoms with van der Waals surface area (Å²) in [6, 6.07) is 16.7. The minimum atomic E-state index is -0.481. The summed E-state index contributed by atoms with van der Waals surface area (Å²) in [5, 5.41) is 7.39. The van der Waals surface area contributed by atoms with Crippen LogP contribution in [0.4, 0.5) is 5.69 Å². The van der Waals surface area contributed by atoms with Gasteiger partial charge >= 0.3 is 0 Å². The van der Waals surface area contributed by atoms with Gasteiger partial charge in [-0.1, -0.05) is 35.3 Å². The molecule has 0 spiro atoms. The number of hydrazone groups is 1. The lowest BCUT2D eigenvalue weighted by atomic mass is 10.2. The molecule has 0 atom stereocenters. The average molecular weight is 532 g/mol. The van der Waals surface area contributed by atoms with Gasteiger partial charge in [0.2, 0.25) is 0 Å². The minimum Gasteiger partial charge on any atom is -0.495 e. The van der Waals surface area contributed by atoms with E-state index >= 15 is 0 Å². The molecule has 9 nitrogen and oxygen atoms in total. The molecule has 36 heavy (non-hydrogen) atoms. The maximum atomic E-state index is 12.3. The van der Waals surface area contributed by atoms with E-state index in [1.165, 1.54) is 26.5 Å². The number of anilines is 1. The Balaban J connectivity index is 1.50. The molecule has 0 aliphatic rings. The Hall–Kier alpha value is -3.95. The highest BCUT2D eigenvalue weighted by Crippen LogP contribution is 2.29. The fraction of sp³-hybridized carbons (Fsp3) is 0.160. The van der Waals surface area contributed by atoms with Crippen LogP contribution >= 0.6 is 23.2 Å². The molecule has 0 fully saturated rings. The molecule has 0 radical (unpaired) electrons. The number of carbonyl (C=O) groups excluding carboxylic acids is 2. The van der Waals surface area contributed by atoms with Gasteiger partial charge in [0.25, 0.3) is 11.8 Å². The number of benzene rings is 3. The van der Waals surface area contributed by atoms with Crippen LogP contribution in [0.1, 0.15) is 5.56 Å². The summed E-state index contributed by atoms with van der Waals surface area (Å²) in [6.45, 7) is -0.527. The van der Waals surface area contributed by atoms with Crippen molar-refractivity contribution in [1.82, 2.24) is 5.43 Å². The van der Waals surface area contributed by atoms with Crippen LogP contribution in [0, 0.1) is 0 Å². The van der Waals surface area contributed by atoms with Gasteiger partial charge < -0.3 is 24.3 Å². The highest BCUT2D eigenvalue weighted by Gasteiger charge is 2.11. The van der Waals surface area contributed by atoms with Crippen molar-refractivity contribution in [3.05, 3.63) is 76.3 Å². The number of para-hydroxylation sites is 2. The van der Waals surface area contributed by atoms with Gasteiger partial charge in [-0.2, -0.15) is 5.10 Å². The summed E-state index contributed by atoms with van der Waals surface area (Å²) >= 11 is 11.8. The van der Waals surface area contributed by atoms with Gasteiger partial charge in [0, 0.05) is 5.02 Å². The maximum Gasteiger partial charge on any atom is 0.277 e. The highest BCUT2D eigenvalue weighted by atomic mass is 35.5. The van der Waals surface area contributed by atoms with Gasteiger partial charge in [-0.05, 0) is 54.1 Å². The van der Waals surface area contributed by atoms with E-state index in [-0.39, 0.29) is 19.1 Å². The van der Waals surface area contributed by atoms with Crippen LogP contribution in [0.5, 0.6) is 23.0 Å². The molecule has 0 aliphatic carbocycles. The van der Waals surface area contributed by atoms with Gasteiger partial charge in [-0.15, -0.1) is 0 Å². The van der Waals surface area contributed by atoms with E-state index in [4.69, 9.17) is 42.1 Å². The second-order valence-corrected chi connectivity index (χ2v) is 7.95. The van der Waals surface area contributed by atoms with Crippen LogP contribution in [0.2, 0.25) is 10.0 Å². The lowest BCUT2D eigenvalue weighted by molar-refractivity contribution is -0.123. The first-order valence-corrected chi connectivity index (χ1v) is 11.3. The normalized spacial score (nSPS) is 10.6. The first kappa shape index (κ1) is 26.7. The van der Waals surface area contributed by atoms with Crippen molar-refractivity contribution in [1.29, 1.82) is 0 Å². The molecular weight excluding hydrogens is 509 g/mol. The maximum absolute atomic E-state index is 12.3. The zero-order chi connectivity index (χ0) is 25.9. The largest absolute Gasteiger partial charge is 0.495 e.